The van der Waals surface area contributed by atoms with Crippen molar-refractivity contribution in [3.05, 3.63) is 12.2 Å². The van der Waals surface area contributed by atoms with E-state index >= 15 is 0 Å². The summed E-state index contributed by atoms with van der Waals surface area (Å²) < 4.78 is 0. The zero-order valence-electron chi connectivity index (χ0n) is 8.78. The first-order chi connectivity index (χ1) is 5.13. The minimum Gasteiger partial charge on any atom is -0.316 e. The summed E-state index contributed by atoms with van der Waals surface area (Å²) in [6.07, 6.45) is 0. The van der Waals surface area contributed by atoms with Crippen molar-refractivity contribution in [2.45, 2.75) is 40.2 Å². The van der Waals surface area contributed by atoms with Gasteiger partial charge in [-0.2, -0.15) is 0 Å². The van der Waals surface area contributed by atoms with Gasteiger partial charge in [0.25, 0.3) is 0 Å². The lowest BCUT2D eigenvalue weighted by Crippen LogP contribution is -2.29. The fourth-order valence-electron chi connectivity index (χ4n) is 0.424. The molecule has 0 aliphatic carbocycles. The molecule has 1 nitrogen and oxygen atoms in total. The van der Waals surface area contributed by atoms with Crippen molar-refractivity contribution in [3.8, 4) is 11.8 Å². The Bertz CT molecular complexity index is 224. The van der Waals surface area contributed by atoms with Crippen LogP contribution in [0.15, 0.2) is 12.2 Å². The van der Waals surface area contributed by atoms with Crippen molar-refractivity contribution in [2.24, 2.45) is 11.1 Å². The zero-order valence-corrected chi connectivity index (χ0v) is 8.78. The number of rotatable bonds is 0. The molecule has 0 rings (SSSR count). The fourth-order valence-corrected chi connectivity index (χ4v) is 0.424. The van der Waals surface area contributed by atoms with Crippen molar-refractivity contribution in [1.29, 1.82) is 0 Å². The normalized spacial score (nSPS) is 11.8. The Morgan fingerprint density at radius 3 is 1.83 bits per heavy atom. The maximum atomic E-state index is 5.71. The molecular weight excluding hydrogens is 146 g/mol. The van der Waals surface area contributed by atoms with E-state index in [1.54, 1.807) is 0 Å². The van der Waals surface area contributed by atoms with Crippen LogP contribution in [0.5, 0.6) is 0 Å². The van der Waals surface area contributed by atoms with Crippen LogP contribution >= 0.6 is 0 Å². The molecule has 0 atom stereocenters. The molecule has 0 saturated carbocycles. The summed E-state index contributed by atoms with van der Waals surface area (Å²) >= 11 is 0. The average Bonchev–Trinajstić information content (AvgIpc) is 1.78. The molecule has 0 fully saturated rings. The van der Waals surface area contributed by atoms with Gasteiger partial charge in [0.05, 0.1) is 5.54 Å². The van der Waals surface area contributed by atoms with E-state index in [-0.39, 0.29) is 5.41 Å². The van der Waals surface area contributed by atoms with Crippen molar-refractivity contribution < 1.29 is 0 Å². The van der Waals surface area contributed by atoms with Gasteiger partial charge < -0.3 is 5.73 Å². The molecule has 0 amide bonds. The second-order valence-electron chi connectivity index (χ2n) is 4.70. The first-order valence-electron chi connectivity index (χ1n) is 4.14. The standard InChI is InChI=1S/C11H19N/c1-9(10(2,3)4)7-8-11(5,6)12/h1,12H2,2-6H3. The number of hydrogen-bond acceptors (Lipinski definition) is 1. The molecule has 0 unspecified atom stereocenters. The Hall–Kier alpha value is -0.740. The Morgan fingerprint density at radius 2 is 1.58 bits per heavy atom. The summed E-state index contributed by atoms with van der Waals surface area (Å²) in [6, 6.07) is 0. The van der Waals surface area contributed by atoms with Gasteiger partial charge in [-0.3, -0.25) is 0 Å². The third kappa shape index (κ3) is 4.98. The third-order valence-electron chi connectivity index (χ3n) is 1.44. The topological polar surface area (TPSA) is 26.0 Å². The van der Waals surface area contributed by atoms with E-state index in [0.29, 0.717) is 0 Å². The Kier molecular flexibility index (Phi) is 3.12. The molecule has 0 aliphatic heterocycles. The lowest BCUT2D eigenvalue weighted by Gasteiger charge is -2.17. The lowest BCUT2D eigenvalue weighted by molar-refractivity contribution is 0.522. The first-order valence-corrected chi connectivity index (χ1v) is 4.14. The SMILES string of the molecule is C=C(C#CC(C)(C)N)C(C)(C)C. The summed E-state index contributed by atoms with van der Waals surface area (Å²) in [5.41, 5.74) is 6.28. The van der Waals surface area contributed by atoms with Crippen LogP contribution in [0.2, 0.25) is 0 Å². The van der Waals surface area contributed by atoms with Gasteiger partial charge in [0.15, 0.2) is 0 Å². The molecule has 0 aromatic carbocycles. The zero-order chi connectivity index (χ0) is 9.99. The molecule has 0 aliphatic rings. The Labute approximate surface area is 76.0 Å². The molecular formula is C11H19N. The molecule has 68 valence electrons. The maximum Gasteiger partial charge on any atom is 0.0722 e. The van der Waals surface area contributed by atoms with Crippen LogP contribution in [0.25, 0.3) is 0 Å². The summed E-state index contributed by atoms with van der Waals surface area (Å²) in [5, 5.41) is 0. The fraction of sp³-hybridized carbons (Fsp3) is 0.636. The Balaban J connectivity index is 4.46. The van der Waals surface area contributed by atoms with Gasteiger partial charge >= 0.3 is 0 Å². The van der Waals surface area contributed by atoms with Gasteiger partial charge in [0.1, 0.15) is 0 Å². The van der Waals surface area contributed by atoms with Crippen LogP contribution < -0.4 is 5.73 Å². The molecule has 0 saturated heterocycles. The summed E-state index contributed by atoms with van der Waals surface area (Å²) in [4.78, 5) is 0. The average molecular weight is 165 g/mol. The minimum atomic E-state index is -0.422. The first kappa shape index (κ1) is 11.3. The van der Waals surface area contributed by atoms with Crippen LogP contribution in [0.4, 0.5) is 0 Å². The van der Waals surface area contributed by atoms with Gasteiger partial charge in [0, 0.05) is 5.57 Å². The van der Waals surface area contributed by atoms with E-state index in [9.17, 15) is 0 Å². The highest BCUT2D eigenvalue weighted by molar-refractivity contribution is 5.33. The highest BCUT2D eigenvalue weighted by Gasteiger charge is 2.13. The monoisotopic (exact) mass is 165 g/mol. The predicted octanol–water partition coefficient (Wildman–Crippen LogP) is 2.33. The number of allylic oxidation sites excluding steroid dienone is 1. The van der Waals surface area contributed by atoms with Gasteiger partial charge in [-0.15, -0.1) is 0 Å². The van der Waals surface area contributed by atoms with Gasteiger partial charge in [0.2, 0.25) is 0 Å². The van der Waals surface area contributed by atoms with Crippen LogP contribution in [0.1, 0.15) is 34.6 Å². The van der Waals surface area contributed by atoms with E-state index in [4.69, 9.17) is 5.73 Å². The molecule has 12 heavy (non-hydrogen) atoms. The van der Waals surface area contributed by atoms with E-state index < -0.39 is 5.54 Å². The van der Waals surface area contributed by atoms with Crippen molar-refractivity contribution in [2.75, 3.05) is 0 Å². The minimum absolute atomic E-state index is 0.0538. The second kappa shape index (κ2) is 3.33. The maximum absolute atomic E-state index is 5.71. The summed E-state index contributed by atoms with van der Waals surface area (Å²) in [6.45, 7) is 13.9. The number of hydrogen-bond donors (Lipinski definition) is 1. The van der Waals surface area contributed by atoms with Crippen LogP contribution in [0.3, 0.4) is 0 Å². The van der Waals surface area contributed by atoms with E-state index in [0.717, 1.165) is 5.57 Å². The molecule has 0 radical (unpaired) electrons. The van der Waals surface area contributed by atoms with Crippen molar-refractivity contribution in [1.82, 2.24) is 0 Å². The molecule has 0 spiro atoms. The van der Waals surface area contributed by atoms with Gasteiger partial charge in [-0.1, -0.05) is 39.2 Å². The molecule has 0 heterocycles. The molecule has 2 N–H and O–H groups in total. The predicted molar refractivity (Wildman–Crippen MR) is 54.6 cm³/mol. The summed E-state index contributed by atoms with van der Waals surface area (Å²) in [5.74, 6) is 5.95. The molecule has 1 heteroatoms. The highest BCUT2D eigenvalue weighted by Crippen LogP contribution is 2.22. The van der Waals surface area contributed by atoms with Gasteiger partial charge in [-0.05, 0) is 19.3 Å². The van der Waals surface area contributed by atoms with Crippen LogP contribution in [0, 0.1) is 17.3 Å². The van der Waals surface area contributed by atoms with E-state index in [2.05, 4.69) is 39.2 Å². The van der Waals surface area contributed by atoms with Crippen LogP contribution in [-0.2, 0) is 0 Å². The summed E-state index contributed by atoms with van der Waals surface area (Å²) in [7, 11) is 0. The van der Waals surface area contributed by atoms with Gasteiger partial charge in [-0.25, -0.2) is 0 Å². The van der Waals surface area contributed by atoms with Crippen LogP contribution in [-0.4, -0.2) is 5.54 Å². The van der Waals surface area contributed by atoms with Crippen molar-refractivity contribution in [3.63, 3.8) is 0 Å². The largest absolute Gasteiger partial charge is 0.316 e. The second-order valence-corrected chi connectivity index (χ2v) is 4.70. The molecule has 0 aromatic heterocycles. The number of nitrogens with two attached hydrogens (primary N) is 1. The lowest BCUT2D eigenvalue weighted by atomic mass is 9.87. The molecule has 0 aromatic rings. The van der Waals surface area contributed by atoms with E-state index in [1.807, 2.05) is 13.8 Å². The Morgan fingerprint density at radius 1 is 1.17 bits per heavy atom. The highest BCUT2D eigenvalue weighted by atomic mass is 14.7. The quantitative estimate of drug-likeness (QED) is 0.548. The smallest absolute Gasteiger partial charge is 0.0722 e. The van der Waals surface area contributed by atoms with E-state index in [1.165, 1.54) is 0 Å². The van der Waals surface area contributed by atoms with Crippen molar-refractivity contribution >= 4 is 0 Å². The third-order valence-corrected chi connectivity index (χ3v) is 1.44. The molecule has 0 bridgehead atoms.